The molecule has 0 spiro atoms. The minimum atomic E-state index is -0.457. The van der Waals surface area contributed by atoms with Crippen LogP contribution in [0.3, 0.4) is 0 Å². The second-order valence-electron chi connectivity index (χ2n) is 7.64. The number of ketones is 1. The van der Waals surface area contributed by atoms with Crippen LogP contribution in [0, 0.1) is 0 Å². The van der Waals surface area contributed by atoms with Crippen molar-refractivity contribution in [1.82, 2.24) is 5.32 Å². The number of allylic oxidation sites excluding steroid dienone is 3. The molecule has 0 radical (unpaired) electrons. The fraction of sp³-hybridized carbons (Fsp3) is 0.500. The number of ether oxygens (including phenoxy) is 2. The zero-order chi connectivity index (χ0) is 20.8. The van der Waals surface area contributed by atoms with Crippen LogP contribution >= 0.6 is 0 Å². The second-order valence-corrected chi connectivity index (χ2v) is 7.64. The summed E-state index contributed by atoms with van der Waals surface area (Å²) in [5, 5.41) is 3.33. The molecule has 1 aliphatic heterocycles. The van der Waals surface area contributed by atoms with Gasteiger partial charge in [0.1, 0.15) is 5.75 Å². The standard InChI is InChI=1S/C24H31NO4/c1-4-6-15-29-24(27)21-16(3)25-18-11-9-12-19(26)23(18)22(21)17-10-7-8-13-20(17)28-14-5-2/h7-8,10,13,22,25H,4-6,9,11-12,14-15H2,1-3H3/t22-/m1/s1. The summed E-state index contributed by atoms with van der Waals surface area (Å²) in [5.41, 5.74) is 3.75. The van der Waals surface area contributed by atoms with Gasteiger partial charge in [-0.25, -0.2) is 4.79 Å². The normalized spacial score (nSPS) is 19.0. The molecular formula is C24H31NO4. The molecule has 5 heteroatoms. The molecule has 1 aromatic carbocycles. The van der Waals surface area contributed by atoms with E-state index in [-0.39, 0.29) is 11.8 Å². The van der Waals surface area contributed by atoms with E-state index < -0.39 is 5.92 Å². The van der Waals surface area contributed by atoms with Gasteiger partial charge in [0.25, 0.3) is 0 Å². The van der Waals surface area contributed by atoms with E-state index in [1.165, 1.54) is 0 Å². The van der Waals surface area contributed by atoms with E-state index in [0.29, 0.717) is 30.8 Å². The number of unbranched alkanes of at least 4 members (excludes halogenated alkanes) is 1. The van der Waals surface area contributed by atoms with Crippen LogP contribution < -0.4 is 10.1 Å². The van der Waals surface area contributed by atoms with Gasteiger partial charge in [-0.05, 0) is 38.7 Å². The van der Waals surface area contributed by atoms with Crippen LogP contribution in [0.25, 0.3) is 0 Å². The Balaban J connectivity index is 2.08. The zero-order valence-electron chi connectivity index (χ0n) is 17.7. The average molecular weight is 398 g/mol. The Morgan fingerprint density at radius 2 is 1.93 bits per heavy atom. The number of carbonyl (C=O) groups is 2. The number of esters is 1. The highest BCUT2D eigenvalue weighted by atomic mass is 16.5. The van der Waals surface area contributed by atoms with Crippen LogP contribution in [-0.4, -0.2) is 25.0 Å². The van der Waals surface area contributed by atoms with Gasteiger partial charge in [0.15, 0.2) is 5.78 Å². The molecule has 0 bridgehead atoms. The van der Waals surface area contributed by atoms with E-state index in [0.717, 1.165) is 54.8 Å². The third-order valence-electron chi connectivity index (χ3n) is 5.42. The molecule has 0 unspecified atom stereocenters. The van der Waals surface area contributed by atoms with E-state index in [4.69, 9.17) is 9.47 Å². The Bertz CT molecular complexity index is 837. The molecule has 0 saturated carbocycles. The summed E-state index contributed by atoms with van der Waals surface area (Å²) in [4.78, 5) is 26.0. The van der Waals surface area contributed by atoms with Gasteiger partial charge >= 0.3 is 5.97 Å². The third kappa shape index (κ3) is 4.55. The van der Waals surface area contributed by atoms with Gasteiger partial charge in [-0.15, -0.1) is 0 Å². The summed E-state index contributed by atoms with van der Waals surface area (Å²) in [7, 11) is 0. The van der Waals surface area contributed by atoms with Crippen LogP contribution in [0.2, 0.25) is 0 Å². The van der Waals surface area contributed by atoms with Crippen LogP contribution in [0.4, 0.5) is 0 Å². The Labute approximate surface area is 173 Å². The van der Waals surface area contributed by atoms with Gasteiger partial charge in [-0.1, -0.05) is 38.5 Å². The van der Waals surface area contributed by atoms with E-state index in [9.17, 15) is 9.59 Å². The molecule has 3 rings (SSSR count). The first-order valence-electron chi connectivity index (χ1n) is 10.7. The molecule has 1 aliphatic carbocycles. The summed E-state index contributed by atoms with van der Waals surface area (Å²) in [5.74, 6) is 0.00318. The lowest BCUT2D eigenvalue weighted by atomic mass is 9.75. The minimum Gasteiger partial charge on any atom is -0.493 e. The maximum Gasteiger partial charge on any atom is 0.336 e. The van der Waals surface area contributed by atoms with Crippen molar-refractivity contribution in [3.8, 4) is 5.75 Å². The van der Waals surface area contributed by atoms with E-state index in [2.05, 4.69) is 19.2 Å². The summed E-state index contributed by atoms with van der Waals surface area (Å²) >= 11 is 0. The quantitative estimate of drug-likeness (QED) is 0.505. The topological polar surface area (TPSA) is 64.6 Å². The van der Waals surface area contributed by atoms with Crippen molar-refractivity contribution >= 4 is 11.8 Å². The van der Waals surface area contributed by atoms with Crippen molar-refractivity contribution in [3.63, 3.8) is 0 Å². The number of carbonyl (C=O) groups excluding carboxylic acids is 2. The SMILES string of the molecule is CCCCOC(=O)C1=C(C)NC2=C(C(=O)CCC2)[C@@H]1c1ccccc1OCCC. The van der Waals surface area contributed by atoms with Crippen LogP contribution in [-0.2, 0) is 14.3 Å². The van der Waals surface area contributed by atoms with Gasteiger partial charge in [-0.3, -0.25) is 4.79 Å². The highest BCUT2D eigenvalue weighted by molar-refractivity contribution is 6.04. The van der Waals surface area contributed by atoms with E-state index >= 15 is 0 Å². The maximum absolute atomic E-state index is 13.1. The first-order valence-corrected chi connectivity index (χ1v) is 10.7. The Kier molecular flexibility index (Phi) is 7.13. The summed E-state index contributed by atoms with van der Waals surface area (Å²) in [6.45, 7) is 6.97. The number of nitrogens with one attached hydrogen (secondary N) is 1. The van der Waals surface area contributed by atoms with E-state index in [1.54, 1.807) is 0 Å². The number of hydrogen-bond donors (Lipinski definition) is 1. The first-order chi connectivity index (χ1) is 14.1. The molecule has 0 fully saturated rings. The minimum absolute atomic E-state index is 0.0976. The van der Waals surface area contributed by atoms with Crippen molar-refractivity contribution in [3.05, 3.63) is 52.4 Å². The van der Waals surface area contributed by atoms with Gasteiger partial charge in [-0.2, -0.15) is 0 Å². The number of rotatable bonds is 8. The Morgan fingerprint density at radius 1 is 1.14 bits per heavy atom. The van der Waals surface area contributed by atoms with E-state index in [1.807, 2.05) is 31.2 Å². The molecule has 0 aromatic heterocycles. The molecule has 0 amide bonds. The lowest BCUT2D eigenvalue weighted by Gasteiger charge is -2.34. The molecule has 1 heterocycles. The first kappa shape index (κ1) is 21.2. The highest BCUT2D eigenvalue weighted by Crippen LogP contribution is 2.45. The molecular weight excluding hydrogens is 366 g/mol. The number of para-hydroxylation sites is 1. The molecule has 1 aromatic rings. The van der Waals surface area contributed by atoms with Crippen molar-refractivity contribution in [2.75, 3.05) is 13.2 Å². The van der Waals surface area contributed by atoms with Crippen molar-refractivity contribution in [1.29, 1.82) is 0 Å². The van der Waals surface area contributed by atoms with Gasteiger partial charge in [0.2, 0.25) is 0 Å². The van der Waals surface area contributed by atoms with Crippen molar-refractivity contribution in [2.45, 2.75) is 65.2 Å². The van der Waals surface area contributed by atoms with Crippen molar-refractivity contribution in [2.24, 2.45) is 0 Å². The molecule has 2 aliphatic rings. The fourth-order valence-corrected chi connectivity index (χ4v) is 4.01. The predicted octanol–water partition coefficient (Wildman–Crippen LogP) is 4.79. The fourth-order valence-electron chi connectivity index (χ4n) is 4.01. The summed E-state index contributed by atoms with van der Waals surface area (Å²) in [6.07, 6.45) is 4.80. The summed E-state index contributed by atoms with van der Waals surface area (Å²) < 4.78 is 11.6. The number of dihydropyridines is 1. The third-order valence-corrected chi connectivity index (χ3v) is 5.42. The van der Waals surface area contributed by atoms with Crippen LogP contribution in [0.1, 0.15) is 70.8 Å². The van der Waals surface area contributed by atoms with Gasteiger partial charge in [0.05, 0.1) is 24.7 Å². The zero-order valence-corrected chi connectivity index (χ0v) is 17.7. The Hall–Kier alpha value is -2.56. The lowest BCUT2D eigenvalue weighted by Crippen LogP contribution is -2.34. The second kappa shape index (κ2) is 9.77. The Morgan fingerprint density at radius 3 is 2.69 bits per heavy atom. The molecule has 156 valence electrons. The van der Waals surface area contributed by atoms with Crippen LogP contribution in [0.5, 0.6) is 5.75 Å². The van der Waals surface area contributed by atoms with Crippen molar-refractivity contribution < 1.29 is 19.1 Å². The smallest absolute Gasteiger partial charge is 0.336 e. The number of benzene rings is 1. The molecule has 1 atom stereocenters. The van der Waals surface area contributed by atoms with Crippen LogP contribution in [0.15, 0.2) is 46.8 Å². The molecule has 0 saturated heterocycles. The predicted molar refractivity (Wildman–Crippen MR) is 113 cm³/mol. The number of Topliss-reactive ketones (excluding diaryl/α,β-unsaturated/α-hetero) is 1. The maximum atomic E-state index is 13.1. The largest absolute Gasteiger partial charge is 0.493 e. The molecule has 1 N–H and O–H groups in total. The molecule has 29 heavy (non-hydrogen) atoms. The number of hydrogen-bond acceptors (Lipinski definition) is 5. The van der Waals surface area contributed by atoms with Gasteiger partial charge in [0, 0.05) is 29.0 Å². The average Bonchev–Trinajstić information content (AvgIpc) is 2.71. The summed E-state index contributed by atoms with van der Waals surface area (Å²) in [6, 6.07) is 7.72. The highest BCUT2D eigenvalue weighted by Gasteiger charge is 2.40. The monoisotopic (exact) mass is 397 g/mol. The lowest BCUT2D eigenvalue weighted by molar-refractivity contribution is -0.139. The van der Waals surface area contributed by atoms with Gasteiger partial charge < -0.3 is 14.8 Å². The molecule has 5 nitrogen and oxygen atoms in total.